The van der Waals surface area contributed by atoms with Crippen molar-refractivity contribution in [3.8, 4) is 17.3 Å². The molecule has 0 radical (unpaired) electrons. The van der Waals surface area contributed by atoms with Crippen molar-refractivity contribution in [2.75, 3.05) is 6.54 Å². The van der Waals surface area contributed by atoms with Gasteiger partial charge in [0.1, 0.15) is 0 Å². The van der Waals surface area contributed by atoms with Crippen LogP contribution in [0, 0.1) is 6.92 Å². The van der Waals surface area contributed by atoms with Gasteiger partial charge in [-0.15, -0.1) is 0 Å². The first-order valence-corrected chi connectivity index (χ1v) is 8.80. The minimum Gasteiger partial charge on any atom is -0.352 e. The lowest BCUT2D eigenvalue weighted by Gasteiger charge is -2.05. The second-order valence-corrected chi connectivity index (χ2v) is 6.45. The molecule has 0 saturated heterocycles. The van der Waals surface area contributed by atoms with Crippen molar-refractivity contribution >= 4 is 5.91 Å². The minimum absolute atomic E-state index is 0.120. The van der Waals surface area contributed by atoms with Crippen LogP contribution in [-0.4, -0.2) is 37.4 Å². The zero-order chi connectivity index (χ0) is 18.1. The van der Waals surface area contributed by atoms with E-state index in [2.05, 4.69) is 25.5 Å². The quantitative estimate of drug-likeness (QED) is 0.732. The zero-order valence-corrected chi connectivity index (χ0v) is 14.8. The summed E-state index contributed by atoms with van der Waals surface area (Å²) >= 11 is 0. The van der Waals surface area contributed by atoms with E-state index in [0.29, 0.717) is 29.7 Å². The summed E-state index contributed by atoms with van der Waals surface area (Å²) in [4.78, 5) is 21.0. The molecule has 3 aromatic rings. The smallest absolute Gasteiger partial charge is 0.259 e. The first-order chi connectivity index (χ1) is 12.7. The van der Waals surface area contributed by atoms with E-state index in [1.54, 1.807) is 17.1 Å². The third kappa shape index (κ3) is 3.10. The molecule has 0 aliphatic heterocycles. The monoisotopic (exact) mass is 352 g/mol. The van der Waals surface area contributed by atoms with Crippen LogP contribution in [0.25, 0.3) is 17.3 Å². The Morgan fingerprint density at radius 2 is 2.19 bits per heavy atom. The number of hydrogen-bond acceptors (Lipinski definition) is 6. The predicted octanol–water partition coefficient (Wildman–Crippen LogP) is 2.64. The van der Waals surface area contributed by atoms with E-state index in [4.69, 9.17) is 4.52 Å². The number of pyridine rings is 1. The van der Waals surface area contributed by atoms with Gasteiger partial charge in [0, 0.05) is 18.7 Å². The Balaban J connectivity index is 1.55. The lowest BCUT2D eigenvalue weighted by atomic mass is 10.2. The molecule has 1 amide bonds. The third-order valence-corrected chi connectivity index (χ3v) is 4.39. The van der Waals surface area contributed by atoms with E-state index < -0.39 is 0 Å². The molecule has 134 valence electrons. The number of amides is 1. The molecule has 4 rings (SSSR count). The highest BCUT2D eigenvalue weighted by atomic mass is 16.5. The van der Waals surface area contributed by atoms with Crippen LogP contribution in [0.4, 0.5) is 0 Å². The van der Waals surface area contributed by atoms with Gasteiger partial charge in [-0.05, 0) is 38.3 Å². The van der Waals surface area contributed by atoms with Crippen molar-refractivity contribution in [3.05, 3.63) is 41.6 Å². The first kappa shape index (κ1) is 16.4. The van der Waals surface area contributed by atoms with Crippen LogP contribution in [0.5, 0.6) is 0 Å². The fourth-order valence-electron chi connectivity index (χ4n) is 2.69. The van der Waals surface area contributed by atoms with Gasteiger partial charge >= 0.3 is 0 Å². The van der Waals surface area contributed by atoms with Crippen LogP contribution >= 0.6 is 0 Å². The Labute approximate surface area is 150 Å². The van der Waals surface area contributed by atoms with Gasteiger partial charge in [-0.3, -0.25) is 4.79 Å². The van der Waals surface area contributed by atoms with Gasteiger partial charge in [-0.1, -0.05) is 12.1 Å². The number of hydrogen-bond donors (Lipinski definition) is 1. The lowest BCUT2D eigenvalue weighted by molar-refractivity contribution is 0.0953. The molecule has 0 unspecified atom stereocenters. The molecule has 0 atom stereocenters. The zero-order valence-electron chi connectivity index (χ0n) is 14.8. The lowest BCUT2D eigenvalue weighted by Crippen LogP contribution is -2.24. The highest BCUT2D eigenvalue weighted by Crippen LogP contribution is 2.38. The Morgan fingerprint density at radius 1 is 1.35 bits per heavy atom. The summed E-state index contributed by atoms with van der Waals surface area (Å²) in [6, 6.07) is 3.69. The van der Waals surface area contributed by atoms with Crippen molar-refractivity contribution < 1.29 is 9.32 Å². The average Bonchev–Trinajstić information content (AvgIpc) is 3.26. The van der Waals surface area contributed by atoms with Crippen LogP contribution < -0.4 is 5.32 Å². The molecule has 3 aromatic heterocycles. The van der Waals surface area contributed by atoms with Gasteiger partial charge in [0.15, 0.2) is 11.6 Å². The Kier molecular flexibility index (Phi) is 4.24. The molecule has 0 bridgehead atoms. The standard InChI is InChI=1S/C18H20N6O2/c1-3-8-19-17(25)14-10-21-24(11(14)2)15-7-6-13(9-20-15)18-22-16(23-26-18)12-4-5-12/h6-7,9-10,12H,3-5,8H2,1-2H3,(H,19,25). The normalized spacial score (nSPS) is 13.8. The van der Waals surface area contributed by atoms with Crippen LogP contribution in [0.15, 0.2) is 29.0 Å². The third-order valence-electron chi connectivity index (χ3n) is 4.39. The molecule has 26 heavy (non-hydrogen) atoms. The number of carbonyl (C=O) groups is 1. The maximum Gasteiger partial charge on any atom is 0.259 e. The summed E-state index contributed by atoms with van der Waals surface area (Å²) < 4.78 is 6.96. The van der Waals surface area contributed by atoms with E-state index in [1.807, 2.05) is 26.0 Å². The van der Waals surface area contributed by atoms with E-state index in [-0.39, 0.29) is 5.91 Å². The van der Waals surface area contributed by atoms with E-state index in [1.165, 1.54) is 0 Å². The highest BCUT2D eigenvalue weighted by molar-refractivity contribution is 5.95. The van der Waals surface area contributed by atoms with Crippen molar-refractivity contribution in [1.29, 1.82) is 0 Å². The van der Waals surface area contributed by atoms with Crippen molar-refractivity contribution in [2.45, 2.75) is 39.0 Å². The molecule has 8 nitrogen and oxygen atoms in total. The van der Waals surface area contributed by atoms with Gasteiger partial charge in [0.05, 0.1) is 23.0 Å². The van der Waals surface area contributed by atoms with Gasteiger partial charge in [0.25, 0.3) is 11.8 Å². The SMILES string of the molecule is CCCNC(=O)c1cnn(-c2ccc(-c3nc(C4CC4)no3)cn2)c1C. The summed E-state index contributed by atoms with van der Waals surface area (Å²) in [5.74, 6) is 2.20. The molecule has 0 aromatic carbocycles. The van der Waals surface area contributed by atoms with E-state index >= 15 is 0 Å². The summed E-state index contributed by atoms with van der Waals surface area (Å²) in [6.07, 6.45) is 6.39. The highest BCUT2D eigenvalue weighted by Gasteiger charge is 2.29. The molecule has 8 heteroatoms. The summed E-state index contributed by atoms with van der Waals surface area (Å²) in [6.45, 7) is 4.51. The van der Waals surface area contributed by atoms with Crippen molar-refractivity contribution in [3.63, 3.8) is 0 Å². The molecule has 1 aliphatic rings. The predicted molar refractivity (Wildman–Crippen MR) is 94.0 cm³/mol. The fourth-order valence-corrected chi connectivity index (χ4v) is 2.69. The second-order valence-electron chi connectivity index (χ2n) is 6.45. The Bertz CT molecular complexity index is 924. The molecule has 1 fully saturated rings. The first-order valence-electron chi connectivity index (χ1n) is 8.80. The van der Waals surface area contributed by atoms with Crippen LogP contribution in [-0.2, 0) is 0 Å². The second kappa shape index (κ2) is 6.70. The van der Waals surface area contributed by atoms with Gasteiger partial charge in [-0.25, -0.2) is 9.67 Å². The maximum absolute atomic E-state index is 12.2. The number of nitrogens with one attached hydrogen (secondary N) is 1. The Morgan fingerprint density at radius 3 is 2.88 bits per heavy atom. The van der Waals surface area contributed by atoms with Gasteiger partial charge < -0.3 is 9.84 Å². The topological polar surface area (TPSA) is 98.7 Å². The van der Waals surface area contributed by atoms with E-state index in [0.717, 1.165) is 36.3 Å². The summed E-state index contributed by atoms with van der Waals surface area (Å²) in [5, 5.41) is 11.2. The average molecular weight is 352 g/mol. The fraction of sp³-hybridized carbons (Fsp3) is 0.389. The molecule has 1 saturated carbocycles. The van der Waals surface area contributed by atoms with E-state index in [9.17, 15) is 4.79 Å². The van der Waals surface area contributed by atoms with Gasteiger partial charge in [0.2, 0.25) is 0 Å². The van der Waals surface area contributed by atoms with Gasteiger partial charge in [-0.2, -0.15) is 10.1 Å². The summed E-state index contributed by atoms with van der Waals surface area (Å²) in [7, 11) is 0. The number of carbonyl (C=O) groups excluding carboxylic acids is 1. The molecular formula is C18H20N6O2. The minimum atomic E-state index is -0.120. The number of nitrogens with zero attached hydrogens (tertiary/aromatic N) is 5. The largest absolute Gasteiger partial charge is 0.352 e. The van der Waals surface area contributed by atoms with Crippen molar-refractivity contribution in [1.82, 2.24) is 30.2 Å². The molecular weight excluding hydrogens is 332 g/mol. The number of aromatic nitrogens is 5. The van der Waals surface area contributed by atoms with Crippen molar-refractivity contribution in [2.24, 2.45) is 0 Å². The summed E-state index contributed by atoms with van der Waals surface area (Å²) in [5.41, 5.74) is 2.06. The van der Waals surface area contributed by atoms with Crippen LogP contribution in [0.2, 0.25) is 0 Å². The number of rotatable bonds is 6. The molecule has 3 heterocycles. The van der Waals surface area contributed by atoms with Crippen LogP contribution in [0.3, 0.4) is 0 Å². The molecule has 1 N–H and O–H groups in total. The maximum atomic E-state index is 12.2. The molecule has 1 aliphatic carbocycles. The van der Waals surface area contributed by atoms with Crippen LogP contribution in [0.1, 0.15) is 54.0 Å². The molecule has 0 spiro atoms. The Hall–Kier alpha value is -3.03.